The Labute approximate surface area is 162 Å². The Hall–Kier alpha value is -2.67. The molecule has 0 atom stereocenters. The number of benzene rings is 1. The largest absolute Gasteiger partial charge is 0.462 e. The number of hydrogen-bond acceptors (Lipinski definition) is 5. The van der Waals surface area contributed by atoms with E-state index < -0.39 is 0 Å². The lowest BCUT2D eigenvalue weighted by molar-refractivity contribution is -0.121. The van der Waals surface area contributed by atoms with Crippen molar-refractivity contribution >= 4 is 34.8 Å². The number of thiophene rings is 1. The Kier molecular flexibility index (Phi) is 6.24. The zero-order chi connectivity index (χ0) is 19.2. The summed E-state index contributed by atoms with van der Waals surface area (Å²) in [6, 6.07) is 10.3. The molecule has 7 heteroatoms. The normalized spacial score (nSPS) is 14.6. The van der Waals surface area contributed by atoms with Gasteiger partial charge in [0.15, 0.2) is 0 Å². The number of hydrogen-bond donors (Lipinski definition) is 1. The standard InChI is InChI=1S/C20H22N2O4S/c1-2-26-20(25)15-5-7-16(8-6-15)21-18(23)14-9-11-22(12-10-14)19(24)17-4-3-13-27-17/h3-8,13-14H,2,9-12H2,1H3,(H,21,23). The van der Waals surface area contributed by atoms with E-state index >= 15 is 0 Å². The molecule has 0 bridgehead atoms. The van der Waals surface area contributed by atoms with Crippen molar-refractivity contribution in [1.29, 1.82) is 0 Å². The van der Waals surface area contributed by atoms with Crippen molar-refractivity contribution in [2.45, 2.75) is 19.8 Å². The molecule has 0 unspecified atom stereocenters. The minimum absolute atomic E-state index is 0.0402. The maximum atomic E-state index is 12.5. The van der Waals surface area contributed by atoms with Crippen LogP contribution in [0.15, 0.2) is 41.8 Å². The molecule has 0 spiro atoms. The predicted molar refractivity (Wildman–Crippen MR) is 104 cm³/mol. The summed E-state index contributed by atoms with van der Waals surface area (Å²) in [4.78, 5) is 39.1. The fourth-order valence-corrected chi connectivity index (χ4v) is 3.74. The fraction of sp³-hybridized carbons (Fsp3) is 0.350. The lowest BCUT2D eigenvalue weighted by atomic mass is 9.95. The van der Waals surface area contributed by atoms with Gasteiger partial charge in [-0.2, -0.15) is 0 Å². The van der Waals surface area contributed by atoms with E-state index in [-0.39, 0.29) is 23.7 Å². The number of ether oxygens (including phenoxy) is 1. The second-order valence-corrected chi connectivity index (χ2v) is 7.28. The second-order valence-electron chi connectivity index (χ2n) is 6.33. The van der Waals surface area contributed by atoms with E-state index in [1.54, 1.807) is 31.2 Å². The van der Waals surface area contributed by atoms with Gasteiger partial charge in [-0.25, -0.2) is 4.79 Å². The van der Waals surface area contributed by atoms with Gasteiger partial charge in [-0.1, -0.05) is 6.07 Å². The summed E-state index contributed by atoms with van der Waals surface area (Å²) in [7, 11) is 0. The van der Waals surface area contributed by atoms with Gasteiger partial charge in [0.25, 0.3) is 5.91 Å². The van der Waals surface area contributed by atoms with Crippen LogP contribution >= 0.6 is 11.3 Å². The van der Waals surface area contributed by atoms with Gasteiger partial charge < -0.3 is 15.0 Å². The highest BCUT2D eigenvalue weighted by molar-refractivity contribution is 7.12. The molecule has 1 N–H and O–H groups in total. The smallest absolute Gasteiger partial charge is 0.338 e. The van der Waals surface area contributed by atoms with Crippen LogP contribution in [0.3, 0.4) is 0 Å². The summed E-state index contributed by atoms with van der Waals surface area (Å²) in [5.74, 6) is -0.513. The number of nitrogens with one attached hydrogen (secondary N) is 1. The molecule has 1 fully saturated rings. The lowest BCUT2D eigenvalue weighted by Gasteiger charge is -2.31. The number of carbonyl (C=O) groups excluding carboxylic acids is 3. The second kappa shape index (κ2) is 8.81. The number of piperidine rings is 1. The summed E-state index contributed by atoms with van der Waals surface area (Å²) < 4.78 is 4.94. The zero-order valence-electron chi connectivity index (χ0n) is 15.1. The molecule has 0 radical (unpaired) electrons. The van der Waals surface area contributed by atoms with Gasteiger partial charge >= 0.3 is 5.97 Å². The van der Waals surface area contributed by atoms with Crippen LogP contribution in [0.5, 0.6) is 0 Å². The number of anilines is 1. The predicted octanol–water partition coefficient (Wildman–Crippen LogP) is 3.42. The highest BCUT2D eigenvalue weighted by Crippen LogP contribution is 2.22. The van der Waals surface area contributed by atoms with E-state index in [1.807, 2.05) is 22.4 Å². The third-order valence-corrected chi connectivity index (χ3v) is 5.41. The average Bonchev–Trinajstić information content (AvgIpc) is 3.23. The van der Waals surface area contributed by atoms with Crippen LogP contribution in [0, 0.1) is 5.92 Å². The number of likely N-dealkylation sites (tertiary alicyclic amines) is 1. The number of esters is 1. The van der Waals surface area contributed by atoms with Crippen molar-refractivity contribution in [3.63, 3.8) is 0 Å². The van der Waals surface area contributed by atoms with Gasteiger partial charge in [-0.3, -0.25) is 9.59 Å². The van der Waals surface area contributed by atoms with Crippen LogP contribution in [-0.4, -0.2) is 42.4 Å². The minimum Gasteiger partial charge on any atom is -0.462 e. The molecule has 2 heterocycles. The van der Waals surface area contributed by atoms with Crippen LogP contribution in [-0.2, 0) is 9.53 Å². The maximum absolute atomic E-state index is 12.5. The molecule has 1 aromatic heterocycles. The van der Waals surface area contributed by atoms with Crippen molar-refractivity contribution in [3.8, 4) is 0 Å². The molecular formula is C20H22N2O4S. The van der Waals surface area contributed by atoms with Gasteiger partial charge in [0.1, 0.15) is 0 Å². The van der Waals surface area contributed by atoms with Crippen molar-refractivity contribution in [2.75, 3.05) is 25.0 Å². The molecule has 2 amide bonds. The molecule has 1 saturated heterocycles. The Morgan fingerprint density at radius 1 is 1.15 bits per heavy atom. The maximum Gasteiger partial charge on any atom is 0.338 e. The van der Waals surface area contributed by atoms with E-state index in [4.69, 9.17) is 4.74 Å². The average molecular weight is 386 g/mol. The van der Waals surface area contributed by atoms with Gasteiger partial charge in [-0.15, -0.1) is 11.3 Å². The Balaban J connectivity index is 1.51. The topological polar surface area (TPSA) is 75.7 Å². The third-order valence-electron chi connectivity index (χ3n) is 4.55. The van der Waals surface area contributed by atoms with Crippen LogP contribution in [0.2, 0.25) is 0 Å². The van der Waals surface area contributed by atoms with E-state index in [0.717, 1.165) is 4.88 Å². The Morgan fingerprint density at radius 3 is 2.44 bits per heavy atom. The highest BCUT2D eigenvalue weighted by atomic mass is 32.1. The fourth-order valence-electron chi connectivity index (χ4n) is 3.05. The van der Waals surface area contributed by atoms with E-state index in [0.29, 0.717) is 43.8 Å². The molecule has 6 nitrogen and oxygen atoms in total. The first kappa shape index (κ1) is 19.1. The summed E-state index contributed by atoms with van der Waals surface area (Å²) in [6.07, 6.45) is 1.29. The molecule has 1 aliphatic heterocycles. The first-order chi connectivity index (χ1) is 13.1. The molecule has 3 rings (SSSR count). The SMILES string of the molecule is CCOC(=O)c1ccc(NC(=O)C2CCN(C(=O)c3cccs3)CC2)cc1. The summed E-state index contributed by atoms with van der Waals surface area (Å²) in [6.45, 7) is 3.24. The molecule has 2 aromatic rings. The van der Waals surface area contributed by atoms with Gasteiger partial charge in [0, 0.05) is 24.7 Å². The van der Waals surface area contributed by atoms with Crippen molar-refractivity contribution in [1.82, 2.24) is 4.90 Å². The molecular weight excluding hydrogens is 364 g/mol. The molecule has 0 aliphatic carbocycles. The Bertz CT molecular complexity index is 794. The van der Waals surface area contributed by atoms with Crippen LogP contribution in [0.4, 0.5) is 5.69 Å². The molecule has 0 saturated carbocycles. The molecule has 1 aliphatic rings. The van der Waals surface area contributed by atoms with Crippen molar-refractivity contribution in [2.24, 2.45) is 5.92 Å². The van der Waals surface area contributed by atoms with Crippen LogP contribution in [0.25, 0.3) is 0 Å². The zero-order valence-corrected chi connectivity index (χ0v) is 16.0. The number of rotatable bonds is 5. The Morgan fingerprint density at radius 2 is 1.85 bits per heavy atom. The number of amides is 2. The van der Waals surface area contributed by atoms with E-state index in [9.17, 15) is 14.4 Å². The third kappa shape index (κ3) is 4.74. The lowest BCUT2D eigenvalue weighted by Crippen LogP contribution is -2.41. The van der Waals surface area contributed by atoms with E-state index in [2.05, 4.69) is 5.32 Å². The number of nitrogens with zero attached hydrogens (tertiary/aromatic N) is 1. The summed E-state index contributed by atoms with van der Waals surface area (Å²) >= 11 is 1.44. The molecule has 27 heavy (non-hydrogen) atoms. The van der Waals surface area contributed by atoms with Gasteiger partial charge in [0.2, 0.25) is 5.91 Å². The van der Waals surface area contributed by atoms with Gasteiger partial charge in [-0.05, 0) is 55.5 Å². The molecule has 142 valence electrons. The highest BCUT2D eigenvalue weighted by Gasteiger charge is 2.28. The van der Waals surface area contributed by atoms with Crippen molar-refractivity contribution < 1.29 is 19.1 Å². The number of carbonyl (C=O) groups is 3. The van der Waals surface area contributed by atoms with Crippen LogP contribution in [0.1, 0.15) is 39.8 Å². The summed E-state index contributed by atoms with van der Waals surface area (Å²) in [5, 5.41) is 4.78. The van der Waals surface area contributed by atoms with Gasteiger partial charge in [0.05, 0.1) is 17.0 Å². The van der Waals surface area contributed by atoms with Crippen LogP contribution < -0.4 is 5.32 Å². The summed E-state index contributed by atoms with van der Waals surface area (Å²) in [5.41, 5.74) is 1.10. The van der Waals surface area contributed by atoms with E-state index in [1.165, 1.54) is 11.3 Å². The molecule has 1 aromatic carbocycles. The first-order valence-corrected chi connectivity index (χ1v) is 9.87. The minimum atomic E-state index is -0.377. The monoisotopic (exact) mass is 386 g/mol. The van der Waals surface area contributed by atoms with Crippen molar-refractivity contribution in [3.05, 3.63) is 52.2 Å². The quantitative estimate of drug-likeness (QED) is 0.799. The first-order valence-electron chi connectivity index (χ1n) is 8.99.